The summed E-state index contributed by atoms with van der Waals surface area (Å²) in [5.41, 5.74) is 3.97. The van der Waals surface area contributed by atoms with Crippen molar-refractivity contribution >= 4 is 23.5 Å². The lowest BCUT2D eigenvalue weighted by molar-refractivity contribution is -0.146. The minimum atomic E-state index is -0.899. The molecule has 0 N–H and O–H groups in total. The number of ketones is 1. The van der Waals surface area contributed by atoms with Crippen LogP contribution < -0.4 is 4.74 Å². The molecule has 1 atom stereocenters. The molecule has 1 aliphatic rings. The Morgan fingerprint density at radius 1 is 1.03 bits per heavy atom. The van der Waals surface area contributed by atoms with E-state index < -0.39 is 16.6 Å². The highest BCUT2D eigenvalue weighted by Crippen LogP contribution is 2.48. The van der Waals surface area contributed by atoms with Gasteiger partial charge in [0.25, 0.3) is 0 Å². The second-order valence-corrected chi connectivity index (χ2v) is 11.3. The van der Waals surface area contributed by atoms with E-state index in [0.29, 0.717) is 17.6 Å². The molecule has 5 heteroatoms. The van der Waals surface area contributed by atoms with Gasteiger partial charge in [0.05, 0.1) is 19.0 Å². The Kier molecular flexibility index (Phi) is 8.86. The van der Waals surface area contributed by atoms with Gasteiger partial charge in [0, 0.05) is 5.75 Å². The second-order valence-electron chi connectivity index (χ2n) is 9.89. The van der Waals surface area contributed by atoms with Crippen molar-refractivity contribution in [2.24, 2.45) is 11.8 Å². The topological polar surface area (TPSA) is 52.6 Å². The number of benzene rings is 2. The van der Waals surface area contributed by atoms with E-state index >= 15 is 0 Å². The highest BCUT2D eigenvalue weighted by Gasteiger charge is 2.48. The SMILES string of the molecule is COC(=O)C(C(=O)C1(SCc2ccc(OC)cc2)CCC(C(C)C)CC1)c1ccc(C)cc1C. The monoisotopic (exact) mass is 482 g/mol. The average Bonchev–Trinajstić information content (AvgIpc) is 2.84. The first-order chi connectivity index (χ1) is 16.2. The zero-order chi connectivity index (χ0) is 24.9. The maximum Gasteiger partial charge on any atom is 0.320 e. The van der Waals surface area contributed by atoms with Crippen LogP contribution in [0.5, 0.6) is 5.75 Å². The third-order valence-corrected chi connectivity index (χ3v) is 8.98. The summed E-state index contributed by atoms with van der Waals surface area (Å²) in [6.45, 7) is 8.51. The Morgan fingerprint density at radius 2 is 1.68 bits per heavy atom. The quantitative estimate of drug-likeness (QED) is 0.296. The number of methoxy groups -OCH3 is 2. The van der Waals surface area contributed by atoms with Gasteiger partial charge in [0.15, 0.2) is 5.78 Å². The fourth-order valence-corrected chi connectivity index (χ4v) is 6.50. The lowest BCUT2D eigenvalue weighted by Gasteiger charge is -2.41. The van der Waals surface area contributed by atoms with Crippen molar-refractivity contribution in [1.82, 2.24) is 0 Å². The Balaban J connectivity index is 1.95. The number of thioether (sulfide) groups is 1. The molecule has 34 heavy (non-hydrogen) atoms. The van der Waals surface area contributed by atoms with Crippen molar-refractivity contribution < 1.29 is 19.1 Å². The normalized spacial score (nSPS) is 21.2. The summed E-state index contributed by atoms with van der Waals surface area (Å²) in [7, 11) is 3.03. The van der Waals surface area contributed by atoms with Crippen LogP contribution in [-0.2, 0) is 20.1 Å². The van der Waals surface area contributed by atoms with Crippen LogP contribution in [0.4, 0.5) is 0 Å². The lowest BCUT2D eigenvalue weighted by Crippen LogP contribution is -2.45. The predicted molar refractivity (Wildman–Crippen MR) is 139 cm³/mol. The number of carbonyl (C=O) groups is 2. The van der Waals surface area contributed by atoms with E-state index in [1.165, 1.54) is 7.11 Å². The van der Waals surface area contributed by atoms with Gasteiger partial charge in [0.2, 0.25) is 0 Å². The van der Waals surface area contributed by atoms with Crippen molar-refractivity contribution in [3.63, 3.8) is 0 Å². The number of ether oxygens (including phenoxy) is 2. The molecule has 0 heterocycles. The third kappa shape index (κ3) is 5.86. The molecular formula is C29H38O4S. The maximum absolute atomic E-state index is 14.3. The Morgan fingerprint density at radius 3 is 2.21 bits per heavy atom. The minimum Gasteiger partial charge on any atom is -0.497 e. The first kappa shape index (κ1) is 26.3. The van der Waals surface area contributed by atoms with Gasteiger partial charge < -0.3 is 9.47 Å². The van der Waals surface area contributed by atoms with E-state index in [-0.39, 0.29) is 5.78 Å². The number of hydrogen-bond donors (Lipinski definition) is 0. The van der Waals surface area contributed by atoms with Crippen molar-refractivity contribution in [2.45, 2.75) is 69.8 Å². The van der Waals surface area contributed by atoms with Gasteiger partial charge in [0.1, 0.15) is 11.7 Å². The van der Waals surface area contributed by atoms with E-state index in [0.717, 1.165) is 53.7 Å². The van der Waals surface area contributed by atoms with Crippen LogP contribution >= 0.6 is 11.8 Å². The Hall–Kier alpha value is -2.27. The summed E-state index contributed by atoms with van der Waals surface area (Å²) in [5.74, 6) is 1.36. The number of aryl methyl sites for hydroxylation is 2. The molecule has 2 aromatic carbocycles. The van der Waals surface area contributed by atoms with Crippen molar-refractivity contribution in [2.75, 3.05) is 14.2 Å². The Labute approximate surface area is 208 Å². The molecule has 1 aliphatic carbocycles. The van der Waals surface area contributed by atoms with Gasteiger partial charge in [-0.1, -0.05) is 49.7 Å². The van der Waals surface area contributed by atoms with Crippen LogP contribution in [0.15, 0.2) is 42.5 Å². The van der Waals surface area contributed by atoms with Gasteiger partial charge in [-0.25, -0.2) is 0 Å². The molecule has 184 valence electrons. The van der Waals surface area contributed by atoms with Crippen LogP contribution in [-0.4, -0.2) is 30.7 Å². The molecule has 2 aromatic rings. The average molecular weight is 483 g/mol. The summed E-state index contributed by atoms with van der Waals surface area (Å²) < 4.78 is 9.85. The number of esters is 1. The molecule has 0 bridgehead atoms. The zero-order valence-corrected chi connectivity index (χ0v) is 22.2. The molecule has 0 radical (unpaired) electrons. The second kappa shape index (κ2) is 11.4. The molecule has 0 amide bonds. The van der Waals surface area contributed by atoms with Crippen LogP contribution in [0.25, 0.3) is 0 Å². The van der Waals surface area contributed by atoms with Crippen LogP contribution in [0.3, 0.4) is 0 Å². The number of Topliss-reactive ketones (excluding diaryl/α,β-unsaturated/α-hetero) is 1. The van der Waals surface area contributed by atoms with Crippen molar-refractivity contribution in [3.8, 4) is 5.75 Å². The zero-order valence-electron chi connectivity index (χ0n) is 21.4. The summed E-state index contributed by atoms with van der Waals surface area (Å²) in [6.07, 6.45) is 3.57. The molecule has 0 aliphatic heterocycles. The summed E-state index contributed by atoms with van der Waals surface area (Å²) in [6, 6.07) is 13.9. The smallest absolute Gasteiger partial charge is 0.320 e. The molecule has 1 saturated carbocycles. The van der Waals surface area contributed by atoms with Gasteiger partial charge >= 0.3 is 5.97 Å². The van der Waals surface area contributed by atoms with Crippen LogP contribution in [0.2, 0.25) is 0 Å². The number of rotatable bonds is 9. The number of hydrogen-bond acceptors (Lipinski definition) is 5. The fraction of sp³-hybridized carbons (Fsp3) is 0.517. The highest BCUT2D eigenvalue weighted by molar-refractivity contribution is 8.00. The van der Waals surface area contributed by atoms with Crippen LogP contribution in [0.1, 0.15) is 67.7 Å². The predicted octanol–water partition coefficient (Wildman–Crippen LogP) is 6.66. The summed E-state index contributed by atoms with van der Waals surface area (Å²) >= 11 is 1.70. The van der Waals surface area contributed by atoms with E-state index in [4.69, 9.17) is 9.47 Å². The summed E-state index contributed by atoms with van der Waals surface area (Å²) in [4.78, 5) is 27.3. The van der Waals surface area contributed by atoms with Gasteiger partial charge in [-0.3, -0.25) is 9.59 Å². The van der Waals surface area contributed by atoms with Crippen LogP contribution in [0, 0.1) is 25.7 Å². The molecule has 1 fully saturated rings. The fourth-order valence-electron chi connectivity index (χ4n) is 5.08. The first-order valence-corrected chi connectivity index (χ1v) is 13.2. The maximum atomic E-state index is 14.3. The molecule has 1 unspecified atom stereocenters. The summed E-state index contributed by atoms with van der Waals surface area (Å²) in [5, 5.41) is 0. The molecule has 4 nitrogen and oxygen atoms in total. The molecule has 3 rings (SSSR count). The largest absolute Gasteiger partial charge is 0.497 e. The highest BCUT2D eigenvalue weighted by atomic mass is 32.2. The van der Waals surface area contributed by atoms with E-state index in [9.17, 15) is 9.59 Å². The minimum absolute atomic E-state index is 0.00739. The molecular weight excluding hydrogens is 444 g/mol. The van der Waals surface area contributed by atoms with E-state index in [2.05, 4.69) is 13.8 Å². The Bertz CT molecular complexity index is 988. The van der Waals surface area contributed by atoms with Crippen molar-refractivity contribution in [3.05, 3.63) is 64.7 Å². The third-order valence-electron chi connectivity index (χ3n) is 7.34. The molecule has 0 saturated heterocycles. The van der Waals surface area contributed by atoms with Gasteiger partial charge in [-0.15, -0.1) is 11.8 Å². The van der Waals surface area contributed by atoms with E-state index in [1.807, 2.05) is 56.3 Å². The van der Waals surface area contributed by atoms with Crippen molar-refractivity contribution in [1.29, 1.82) is 0 Å². The molecule has 0 spiro atoms. The van der Waals surface area contributed by atoms with Gasteiger partial charge in [-0.2, -0.15) is 0 Å². The van der Waals surface area contributed by atoms with Gasteiger partial charge in [-0.05, 0) is 80.2 Å². The number of carbonyl (C=O) groups excluding carboxylic acids is 2. The standard InChI is InChI=1S/C29H38O4S/c1-19(2)23-13-15-29(16-14-23,34-18-22-8-10-24(32-5)11-9-22)27(30)26(28(31)33-6)25-12-7-20(3)17-21(25)4/h7-12,17,19,23,26H,13-16,18H2,1-6H3. The first-order valence-electron chi connectivity index (χ1n) is 12.2. The van der Waals surface area contributed by atoms with E-state index in [1.54, 1.807) is 18.9 Å². The lowest BCUT2D eigenvalue weighted by atomic mass is 9.72. The molecule has 0 aromatic heterocycles.